The van der Waals surface area contributed by atoms with Gasteiger partial charge < -0.3 is 5.73 Å². The third-order valence-electron chi connectivity index (χ3n) is 4.44. The molecule has 1 aromatic heterocycles. The zero-order valence-electron chi connectivity index (χ0n) is 14.0. The number of nitrogens with zero attached hydrogens (tertiary/aromatic N) is 2. The van der Waals surface area contributed by atoms with Crippen LogP contribution in [-0.4, -0.2) is 16.9 Å². The molecule has 3 aromatic rings. The second-order valence-electron chi connectivity index (χ2n) is 6.11. The van der Waals surface area contributed by atoms with Gasteiger partial charge in [-0.2, -0.15) is 18.4 Å². The molecule has 1 unspecified atom stereocenters. The molecule has 0 spiro atoms. The first-order valence-corrected chi connectivity index (χ1v) is 7.99. The molecule has 0 aliphatic heterocycles. The van der Waals surface area contributed by atoms with Crippen molar-refractivity contribution in [3.05, 3.63) is 71.9 Å². The fourth-order valence-electron chi connectivity index (χ4n) is 3.00. The van der Waals surface area contributed by atoms with Gasteiger partial charge in [0, 0.05) is 29.3 Å². The van der Waals surface area contributed by atoms with Crippen molar-refractivity contribution in [2.75, 3.05) is 5.73 Å². The Hall–Kier alpha value is -3.40. The highest BCUT2D eigenvalue weighted by Gasteiger charge is 2.58. The summed E-state index contributed by atoms with van der Waals surface area (Å²) in [6, 6.07) is 14.1. The zero-order chi connectivity index (χ0) is 19.7. The fourth-order valence-corrected chi connectivity index (χ4v) is 3.00. The Labute approximate surface area is 153 Å². The lowest BCUT2D eigenvalue weighted by Gasteiger charge is -2.30. The molecular weight excluding hydrogens is 355 g/mol. The molecule has 2 aromatic carbocycles. The highest BCUT2D eigenvalue weighted by molar-refractivity contribution is 5.98. The number of hydrogen-bond acceptors (Lipinski definition) is 4. The summed E-state index contributed by atoms with van der Waals surface area (Å²) in [5.41, 5.74) is 3.04. The number of halogens is 3. The van der Waals surface area contributed by atoms with Crippen LogP contribution in [0.2, 0.25) is 0 Å². The minimum absolute atomic E-state index is 0.0615. The summed E-state index contributed by atoms with van der Waals surface area (Å²) in [6.07, 6.45) is -4.55. The second kappa shape index (κ2) is 6.72. The van der Waals surface area contributed by atoms with Crippen LogP contribution in [0.1, 0.15) is 22.3 Å². The molecule has 2 N–H and O–H groups in total. The van der Waals surface area contributed by atoms with E-state index in [4.69, 9.17) is 5.73 Å². The van der Waals surface area contributed by atoms with Gasteiger partial charge in [0.05, 0.1) is 11.6 Å². The van der Waals surface area contributed by atoms with Crippen LogP contribution in [0.3, 0.4) is 0 Å². The van der Waals surface area contributed by atoms with Crippen molar-refractivity contribution in [3.63, 3.8) is 0 Å². The number of pyridine rings is 1. The zero-order valence-corrected chi connectivity index (χ0v) is 14.0. The number of Topliss-reactive ketones (excluding diaryl/α,β-unsaturated/α-hetero) is 1. The monoisotopic (exact) mass is 369 g/mol. The molecule has 0 saturated heterocycles. The van der Waals surface area contributed by atoms with E-state index in [1.807, 2.05) is 0 Å². The van der Waals surface area contributed by atoms with Gasteiger partial charge in [-0.25, -0.2) is 0 Å². The normalized spacial score (nSPS) is 13.7. The van der Waals surface area contributed by atoms with E-state index in [2.05, 4.69) is 4.98 Å². The fraction of sp³-hybridized carbons (Fsp3) is 0.150. The Morgan fingerprint density at radius 3 is 2.41 bits per heavy atom. The van der Waals surface area contributed by atoms with Crippen molar-refractivity contribution in [2.24, 2.45) is 0 Å². The van der Waals surface area contributed by atoms with E-state index >= 15 is 0 Å². The van der Waals surface area contributed by atoms with Crippen molar-refractivity contribution in [1.82, 2.24) is 4.98 Å². The number of fused-ring (bicyclic) bond motifs is 1. The van der Waals surface area contributed by atoms with Crippen LogP contribution in [-0.2, 0) is 5.41 Å². The van der Waals surface area contributed by atoms with Crippen molar-refractivity contribution >= 4 is 22.4 Å². The largest absolute Gasteiger partial charge is 0.411 e. The van der Waals surface area contributed by atoms with Crippen molar-refractivity contribution < 1.29 is 18.0 Å². The van der Waals surface area contributed by atoms with Crippen molar-refractivity contribution in [2.45, 2.75) is 18.0 Å². The average molecular weight is 369 g/mol. The number of aromatic nitrogens is 1. The quantitative estimate of drug-likeness (QED) is 0.546. The minimum Gasteiger partial charge on any atom is -0.399 e. The molecule has 0 bridgehead atoms. The summed E-state index contributed by atoms with van der Waals surface area (Å²) in [6.45, 7) is 0. The molecule has 0 fully saturated rings. The van der Waals surface area contributed by atoms with E-state index in [0.717, 1.165) is 0 Å². The Bertz CT molecular complexity index is 1030. The number of alkyl halides is 3. The van der Waals surface area contributed by atoms with Gasteiger partial charge in [0.1, 0.15) is 0 Å². The van der Waals surface area contributed by atoms with Crippen LogP contribution < -0.4 is 5.73 Å². The number of nitrogens with two attached hydrogens (primary N) is 1. The lowest BCUT2D eigenvalue weighted by Crippen LogP contribution is -2.43. The molecule has 0 aliphatic carbocycles. The van der Waals surface area contributed by atoms with E-state index in [1.165, 1.54) is 60.8 Å². The topological polar surface area (TPSA) is 79.8 Å². The van der Waals surface area contributed by atoms with Crippen LogP contribution in [0.5, 0.6) is 0 Å². The Balaban J connectivity index is 2.17. The van der Waals surface area contributed by atoms with E-state index in [0.29, 0.717) is 11.2 Å². The van der Waals surface area contributed by atoms with E-state index < -0.39 is 23.8 Å². The van der Waals surface area contributed by atoms with Gasteiger partial charge in [0.2, 0.25) is 0 Å². The smallest absolute Gasteiger partial charge is 0.399 e. The van der Waals surface area contributed by atoms with E-state index in [1.54, 1.807) is 6.07 Å². The third kappa shape index (κ3) is 3.22. The molecule has 0 aliphatic rings. The number of carbonyl (C=O) groups is 1. The average Bonchev–Trinajstić information content (AvgIpc) is 2.65. The predicted octanol–water partition coefficient (Wildman–Crippen LogP) is 4.41. The number of ketones is 1. The summed E-state index contributed by atoms with van der Waals surface area (Å²) >= 11 is 0. The van der Waals surface area contributed by atoms with E-state index in [-0.39, 0.29) is 16.5 Å². The first-order valence-electron chi connectivity index (χ1n) is 7.99. The number of carbonyl (C=O) groups excluding carboxylic acids is 1. The van der Waals surface area contributed by atoms with Crippen LogP contribution in [0.25, 0.3) is 10.9 Å². The molecule has 0 amide bonds. The molecule has 4 nitrogen and oxygen atoms in total. The number of rotatable bonds is 4. The summed E-state index contributed by atoms with van der Waals surface area (Å²) < 4.78 is 42.3. The number of anilines is 1. The van der Waals surface area contributed by atoms with Crippen LogP contribution >= 0.6 is 0 Å². The molecular formula is C20H14F3N3O. The Kier molecular flexibility index (Phi) is 4.58. The molecule has 7 heteroatoms. The Morgan fingerprint density at radius 1 is 1.07 bits per heavy atom. The van der Waals surface area contributed by atoms with Crippen molar-refractivity contribution in [3.8, 4) is 6.07 Å². The third-order valence-corrected chi connectivity index (χ3v) is 4.44. The first-order chi connectivity index (χ1) is 12.8. The summed E-state index contributed by atoms with van der Waals surface area (Å²) in [4.78, 5) is 16.6. The molecule has 136 valence electrons. The SMILES string of the molecule is N#CC(CC(=O)c1ccc(N)cc1)(c1cccc2ncccc12)C(F)(F)F. The summed E-state index contributed by atoms with van der Waals surface area (Å²) in [7, 11) is 0. The molecule has 0 saturated carbocycles. The maximum absolute atomic E-state index is 14.1. The summed E-state index contributed by atoms with van der Waals surface area (Å²) in [5.74, 6) is -0.797. The van der Waals surface area contributed by atoms with Gasteiger partial charge in [-0.05, 0) is 42.0 Å². The highest BCUT2D eigenvalue weighted by Crippen LogP contribution is 2.46. The molecule has 27 heavy (non-hydrogen) atoms. The molecule has 1 heterocycles. The lowest BCUT2D eigenvalue weighted by atomic mass is 9.74. The maximum atomic E-state index is 14.1. The molecule has 1 atom stereocenters. The minimum atomic E-state index is -4.96. The van der Waals surface area contributed by atoms with Gasteiger partial charge >= 0.3 is 6.18 Å². The van der Waals surface area contributed by atoms with Crippen molar-refractivity contribution in [1.29, 1.82) is 5.26 Å². The predicted molar refractivity (Wildman–Crippen MR) is 94.9 cm³/mol. The maximum Gasteiger partial charge on any atom is 0.411 e. The number of nitrogen functional groups attached to an aromatic ring is 1. The molecule has 3 rings (SSSR count). The standard InChI is InChI=1S/C20H14F3N3O/c21-20(22,23)19(12-24,11-18(27)13-6-8-14(25)9-7-13)16-4-1-5-17-15(16)3-2-10-26-17/h1-10H,11,25H2. The Morgan fingerprint density at radius 2 is 1.78 bits per heavy atom. The lowest BCUT2D eigenvalue weighted by molar-refractivity contribution is -0.172. The van der Waals surface area contributed by atoms with Gasteiger partial charge in [0.15, 0.2) is 11.2 Å². The van der Waals surface area contributed by atoms with Crippen LogP contribution in [0, 0.1) is 11.3 Å². The van der Waals surface area contributed by atoms with Gasteiger partial charge in [-0.15, -0.1) is 0 Å². The van der Waals surface area contributed by atoms with Crippen LogP contribution in [0.4, 0.5) is 18.9 Å². The number of benzene rings is 2. The van der Waals surface area contributed by atoms with Gasteiger partial charge in [-0.3, -0.25) is 9.78 Å². The number of hydrogen-bond donors (Lipinski definition) is 1. The highest BCUT2D eigenvalue weighted by atomic mass is 19.4. The first kappa shape index (κ1) is 18.4. The van der Waals surface area contributed by atoms with Gasteiger partial charge in [0.25, 0.3) is 0 Å². The molecule has 0 radical (unpaired) electrons. The van der Waals surface area contributed by atoms with Crippen LogP contribution in [0.15, 0.2) is 60.8 Å². The van der Waals surface area contributed by atoms with Gasteiger partial charge in [-0.1, -0.05) is 18.2 Å². The summed E-state index contributed by atoms with van der Waals surface area (Å²) in [5, 5.41) is 9.79. The van der Waals surface area contributed by atoms with E-state index in [9.17, 15) is 23.2 Å². The second-order valence-corrected chi connectivity index (χ2v) is 6.11. The number of nitriles is 1.